The molecule has 3 aliphatic rings. The van der Waals surface area contributed by atoms with Crippen LogP contribution >= 0.6 is 0 Å². The minimum atomic E-state index is 0.427. The summed E-state index contributed by atoms with van der Waals surface area (Å²) in [6, 6.07) is 16.0. The minimum Gasteiger partial charge on any atom is -0.284 e. The van der Waals surface area contributed by atoms with Gasteiger partial charge in [-0.05, 0) is 77.1 Å². The molecule has 0 N–H and O–H groups in total. The molecule has 0 aromatic heterocycles. The van der Waals surface area contributed by atoms with Crippen LogP contribution in [-0.4, -0.2) is 6.21 Å². The molecule has 0 saturated heterocycles. The van der Waals surface area contributed by atoms with Gasteiger partial charge in [-0.3, -0.25) is 4.99 Å². The van der Waals surface area contributed by atoms with Gasteiger partial charge in [0.25, 0.3) is 0 Å². The summed E-state index contributed by atoms with van der Waals surface area (Å²) >= 11 is 0. The summed E-state index contributed by atoms with van der Waals surface area (Å²) in [6.45, 7) is 2.19. The van der Waals surface area contributed by atoms with Crippen molar-refractivity contribution in [3.05, 3.63) is 82.4 Å². The predicted molar refractivity (Wildman–Crippen MR) is 106 cm³/mol. The van der Waals surface area contributed by atoms with Crippen LogP contribution in [0.1, 0.15) is 59.5 Å². The molecule has 0 bridgehead atoms. The molecule has 1 nitrogen and oxygen atoms in total. The lowest BCUT2D eigenvalue weighted by atomic mass is 9.77. The molecule has 1 fully saturated rings. The molecule has 0 radical (unpaired) electrons. The minimum absolute atomic E-state index is 0.427. The van der Waals surface area contributed by atoms with Crippen LogP contribution in [-0.2, 0) is 0 Å². The Morgan fingerprint density at radius 3 is 2.72 bits per heavy atom. The highest BCUT2D eigenvalue weighted by atomic mass is 14.8. The second-order valence-electron chi connectivity index (χ2n) is 7.61. The fraction of sp³-hybridized carbons (Fsp3) is 0.292. The number of hydrogen-bond donors (Lipinski definition) is 0. The van der Waals surface area contributed by atoms with E-state index >= 15 is 0 Å². The first-order valence-electron chi connectivity index (χ1n) is 9.44. The summed E-state index contributed by atoms with van der Waals surface area (Å²) in [5.74, 6) is 0.781. The average molecular weight is 325 g/mol. The maximum atomic E-state index is 4.81. The van der Waals surface area contributed by atoms with E-state index in [0.29, 0.717) is 6.04 Å². The van der Waals surface area contributed by atoms with Crippen molar-refractivity contribution in [1.29, 1.82) is 0 Å². The molecule has 25 heavy (non-hydrogen) atoms. The zero-order chi connectivity index (χ0) is 16.8. The van der Waals surface area contributed by atoms with Crippen LogP contribution in [0.4, 0.5) is 0 Å². The smallest absolute Gasteiger partial charge is 0.0783 e. The van der Waals surface area contributed by atoms with E-state index in [2.05, 4.69) is 67.8 Å². The van der Waals surface area contributed by atoms with E-state index in [0.717, 1.165) is 12.3 Å². The number of rotatable bonds is 3. The number of hydrogen-bond acceptors (Lipinski definition) is 1. The van der Waals surface area contributed by atoms with Gasteiger partial charge in [0.15, 0.2) is 0 Å². The SMILES string of the molecule is Cc1ccccc1C1=CCC(c2ccc3c(c2)C=NC3C2CCC2)=C1. The molecule has 0 spiro atoms. The van der Waals surface area contributed by atoms with E-state index in [1.54, 1.807) is 0 Å². The third-order valence-electron chi connectivity index (χ3n) is 6.07. The van der Waals surface area contributed by atoms with E-state index in [4.69, 9.17) is 4.99 Å². The van der Waals surface area contributed by atoms with E-state index in [-0.39, 0.29) is 0 Å². The lowest BCUT2D eigenvalue weighted by Crippen LogP contribution is -2.17. The summed E-state index contributed by atoms with van der Waals surface area (Å²) in [4.78, 5) is 4.81. The molecule has 1 heteroatoms. The first-order chi connectivity index (χ1) is 12.3. The second kappa shape index (κ2) is 5.84. The molecule has 2 aromatic carbocycles. The van der Waals surface area contributed by atoms with Crippen molar-refractivity contribution in [3.8, 4) is 0 Å². The fourth-order valence-electron chi connectivity index (χ4n) is 4.34. The summed E-state index contributed by atoms with van der Waals surface area (Å²) in [6.07, 6.45) is 11.9. The van der Waals surface area contributed by atoms with Gasteiger partial charge in [0, 0.05) is 6.21 Å². The maximum absolute atomic E-state index is 4.81. The molecule has 0 amide bonds. The lowest BCUT2D eigenvalue weighted by molar-refractivity contribution is 0.268. The molecule has 1 unspecified atom stereocenters. The zero-order valence-electron chi connectivity index (χ0n) is 14.7. The zero-order valence-corrected chi connectivity index (χ0v) is 14.7. The normalized spacial score (nSPS) is 21.7. The second-order valence-corrected chi connectivity index (χ2v) is 7.61. The van der Waals surface area contributed by atoms with E-state index in [1.165, 1.54) is 58.2 Å². The van der Waals surface area contributed by atoms with Crippen molar-refractivity contribution < 1.29 is 0 Å². The van der Waals surface area contributed by atoms with E-state index in [9.17, 15) is 0 Å². The lowest BCUT2D eigenvalue weighted by Gasteiger charge is -2.30. The molecule has 1 heterocycles. The fourth-order valence-corrected chi connectivity index (χ4v) is 4.34. The maximum Gasteiger partial charge on any atom is 0.0783 e. The van der Waals surface area contributed by atoms with Gasteiger partial charge in [0.05, 0.1) is 6.04 Å². The van der Waals surface area contributed by atoms with Crippen LogP contribution in [0.3, 0.4) is 0 Å². The van der Waals surface area contributed by atoms with Crippen molar-refractivity contribution >= 4 is 17.4 Å². The Bertz CT molecular complexity index is 925. The molecule has 1 saturated carbocycles. The molecule has 124 valence electrons. The first-order valence-corrected chi connectivity index (χ1v) is 9.44. The van der Waals surface area contributed by atoms with Crippen molar-refractivity contribution in [2.45, 2.75) is 38.6 Å². The Labute approximate surface area is 149 Å². The number of aryl methyl sites for hydroxylation is 1. The van der Waals surface area contributed by atoms with E-state index in [1.807, 2.05) is 0 Å². The number of aliphatic imine (C=N–C) groups is 1. The standard InChI is InChI=1S/C24H23N/c1-16-5-2-3-8-22(16)20-10-9-18(13-20)19-11-12-23-21(14-19)15-25-24(23)17-6-4-7-17/h2-3,5,8,10-15,17,24H,4,6-7,9H2,1H3. The van der Waals surface area contributed by atoms with Gasteiger partial charge < -0.3 is 0 Å². The van der Waals surface area contributed by atoms with Crippen LogP contribution in [0.25, 0.3) is 11.1 Å². The molecule has 1 aliphatic heterocycles. The third kappa shape index (κ3) is 2.50. The Morgan fingerprint density at radius 2 is 1.92 bits per heavy atom. The molecule has 1 atom stereocenters. The topological polar surface area (TPSA) is 12.4 Å². The summed E-state index contributed by atoms with van der Waals surface area (Å²) < 4.78 is 0. The van der Waals surface area contributed by atoms with Crippen LogP contribution in [0.15, 0.2) is 59.6 Å². The molecule has 5 rings (SSSR count). The molecular formula is C24H23N. The molecule has 2 aliphatic carbocycles. The van der Waals surface area contributed by atoms with E-state index < -0.39 is 0 Å². The number of allylic oxidation sites excluding steroid dienone is 4. The first kappa shape index (κ1) is 14.9. The van der Waals surface area contributed by atoms with Gasteiger partial charge in [-0.2, -0.15) is 0 Å². The third-order valence-corrected chi connectivity index (χ3v) is 6.07. The van der Waals surface area contributed by atoms with Gasteiger partial charge >= 0.3 is 0 Å². The Morgan fingerprint density at radius 1 is 1.04 bits per heavy atom. The Balaban J connectivity index is 1.43. The van der Waals surface area contributed by atoms with Gasteiger partial charge in [-0.15, -0.1) is 0 Å². The van der Waals surface area contributed by atoms with Crippen LogP contribution < -0.4 is 0 Å². The van der Waals surface area contributed by atoms with Crippen LogP contribution in [0.5, 0.6) is 0 Å². The van der Waals surface area contributed by atoms with Crippen LogP contribution in [0.2, 0.25) is 0 Å². The molecule has 2 aromatic rings. The summed E-state index contributed by atoms with van der Waals surface area (Å²) in [7, 11) is 0. The largest absolute Gasteiger partial charge is 0.284 e. The van der Waals surface area contributed by atoms with Crippen LogP contribution in [0, 0.1) is 12.8 Å². The Hall–Kier alpha value is -2.41. The predicted octanol–water partition coefficient (Wildman–Crippen LogP) is 6.14. The van der Waals surface area contributed by atoms with Crippen molar-refractivity contribution in [1.82, 2.24) is 0 Å². The molecular weight excluding hydrogens is 302 g/mol. The number of nitrogens with zero attached hydrogens (tertiary/aromatic N) is 1. The number of benzene rings is 2. The summed E-state index contributed by atoms with van der Waals surface area (Å²) in [5, 5.41) is 0. The van der Waals surface area contributed by atoms with Crippen molar-refractivity contribution in [3.63, 3.8) is 0 Å². The monoisotopic (exact) mass is 325 g/mol. The van der Waals surface area contributed by atoms with Crippen molar-refractivity contribution in [2.75, 3.05) is 0 Å². The van der Waals surface area contributed by atoms with Gasteiger partial charge in [-0.1, -0.05) is 55.0 Å². The Kier molecular flexibility index (Phi) is 3.48. The number of fused-ring (bicyclic) bond motifs is 1. The van der Waals surface area contributed by atoms with Gasteiger partial charge in [0.1, 0.15) is 0 Å². The van der Waals surface area contributed by atoms with Crippen molar-refractivity contribution in [2.24, 2.45) is 10.9 Å². The highest BCUT2D eigenvalue weighted by molar-refractivity contribution is 5.92. The highest BCUT2D eigenvalue weighted by Crippen LogP contribution is 2.44. The highest BCUT2D eigenvalue weighted by Gasteiger charge is 2.31. The van der Waals surface area contributed by atoms with Gasteiger partial charge in [0.2, 0.25) is 0 Å². The summed E-state index contributed by atoms with van der Waals surface area (Å²) in [5.41, 5.74) is 9.59. The quantitative estimate of drug-likeness (QED) is 0.643. The van der Waals surface area contributed by atoms with Gasteiger partial charge in [-0.25, -0.2) is 0 Å². The average Bonchev–Trinajstić information content (AvgIpc) is 3.21.